The summed E-state index contributed by atoms with van der Waals surface area (Å²) < 4.78 is 19.2. The molecule has 0 spiro atoms. The van der Waals surface area contributed by atoms with E-state index in [9.17, 15) is 4.39 Å². The first-order valence-electron chi connectivity index (χ1n) is 13.1. The molecule has 1 unspecified atom stereocenters. The number of rotatable bonds is 8. The lowest BCUT2D eigenvalue weighted by molar-refractivity contribution is -0.106. The molecule has 7 heteroatoms. The zero-order chi connectivity index (χ0) is 26.6. The number of carbonyl (C=O) groups excluding carboxylic acids is 1. The quantitative estimate of drug-likeness (QED) is 0.334. The molecule has 2 aliphatic rings. The molecular formula is C30H39FN4O2. The van der Waals surface area contributed by atoms with Crippen LogP contribution in [-0.2, 0) is 9.53 Å². The highest BCUT2D eigenvalue weighted by molar-refractivity contribution is 5.75. The number of piperidine rings is 1. The molecule has 6 nitrogen and oxygen atoms in total. The first-order valence-corrected chi connectivity index (χ1v) is 13.1. The van der Waals surface area contributed by atoms with E-state index in [1.54, 1.807) is 6.07 Å². The Hall–Kier alpha value is -3.16. The molecule has 0 saturated carbocycles. The minimum absolute atomic E-state index is 0.272. The van der Waals surface area contributed by atoms with Gasteiger partial charge in [0.05, 0.1) is 18.9 Å². The maximum absolute atomic E-state index is 13.8. The van der Waals surface area contributed by atoms with Gasteiger partial charge in [0.1, 0.15) is 23.7 Å². The summed E-state index contributed by atoms with van der Waals surface area (Å²) in [5, 5.41) is 3.30. The van der Waals surface area contributed by atoms with Gasteiger partial charge in [-0.3, -0.25) is 0 Å². The molecule has 0 radical (unpaired) electrons. The SMILES string of the molecule is CC=O.C\C=C(/C=C(\C=C\CC)C1COC1)c1cc(Nc2cccc(F)c2)nc(C2CCCN(C)C2)n1. The van der Waals surface area contributed by atoms with Crippen molar-refractivity contribution in [3.8, 4) is 0 Å². The first kappa shape index (κ1) is 28.4. The summed E-state index contributed by atoms with van der Waals surface area (Å²) in [5.74, 6) is 1.93. The second-order valence-corrected chi connectivity index (χ2v) is 9.40. The van der Waals surface area contributed by atoms with Crippen molar-refractivity contribution in [1.29, 1.82) is 0 Å². The van der Waals surface area contributed by atoms with E-state index in [0.717, 1.165) is 68.9 Å². The Balaban J connectivity index is 0.00000121. The van der Waals surface area contributed by atoms with Gasteiger partial charge >= 0.3 is 0 Å². The molecule has 0 amide bonds. The minimum Gasteiger partial charge on any atom is -0.380 e. The Kier molecular flexibility index (Phi) is 11.2. The maximum atomic E-state index is 13.8. The summed E-state index contributed by atoms with van der Waals surface area (Å²) in [4.78, 5) is 21.1. The van der Waals surface area contributed by atoms with Gasteiger partial charge in [-0.15, -0.1) is 0 Å². The van der Waals surface area contributed by atoms with Crippen LogP contribution in [0.3, 0.4) is 0 Å². The van der Waals surface area contributed by atoms with Crippen molar-refractivity contribution in [2.24, 2.45) is 5.92 Å². The summed E-state index contributed by atoms with van der Waals surface area (Å²) in [6, 6.07) is 8.43. The van der Waals surface area contributed by atoms with Gasteiger partial charge in [0.15, 0.2) is 0 Å². The third-order valence-corrected chi connectivity index (χ3v) is 6.41. The summed E-state index contributed by atoms with van der Waals surface area (Å²) in [5.41, 5.74) is 3.87. The third-order valence-electron chi connectivity index (χ3n) is 6.41. The van der Waals surface area contributed by atoms with Crippen molar-refractivity contribution >= 4 is 23.4 Å². The summed E-state index contributed by atoms with van der Waals surface area (Å²) in [6.45, 7) is 9.18. The second kappa shape index (κ2) is 14.5. The Labute approximate surface area is 220 Å². The van der Waals surface area contributed by atoms with Gasteiger partial charge in [0.2, 0.25) is 0 Å². The standard InChI is InChI=1S/C28H35FN4O.C2H4O/c1-4-6-9-21(23-18-34-19-23)14-20(5-2)26-16-27(30-25-12-7-11-24(29)15-25)32-28(31-26)22-10-8-13-33(3)17-22;1-2-3/h5-7,9,11-12,14-16,22-23H,4,8,10,13,17-19H2,1-3H3,(H,30,31,32);2H,1H3/b9-6+,20-5+,21-14+;. The van der Waals surface area contributed by atoms with Gasteiger partial charge in [-0.25, -0.2) is 14.4 Å². The van der Waals surface area contributed by atoms with E-state index < -0.39 is 0 Å². The number of likely N-dealkylation sites (N-methyl/N-ethyl adjacent to an activating group) is 1. The predicted octanol–water partition coefficient (Wildman–Crippen LogP) is 6.32. The number of benzene rings is 1. The lowest BCUT2D eigenvalue weighted by Gasteiger charge is -2.29. The van der Waals surface area contributed by atoms with Gasteiger partial charge in [-0.05, 0) is 82.1 Å². The van der Waals surface area contributed by atoms with Crippen LogP contribution < -0.4 is 5.32 Å². The van der Waals surface area contributed by atoms with Crippen LogP contribution in [0.5, 0.6) is 0 Å². The van der Waals surface area contributed by atoms with E-state index in [0.29, 0.717) is 17.4 Å². The average molecular weight is 507 g/mol. The van der Waals surface area contributed by atoms with Gasteiger partial charge in [0.25, 0.3) is 0 Å². The van der Waals surface area contributed by atoms with Gasteiger partial charge in [-0.1, -0.05) is 31.2 Å². The number of likely N-dealkylation sites (tertiary alicyclic amines) is 1. The fraction of sp³-hybridized carbons (Fsp3) is 0.433. The Morgan fingerprint density at radius 2 is 2.03 bits per heavy atom. The first-order chi connectivity index (χ1) is 18.0. The van der Waals surface area contributed by atoms with Gasteiger partial charge in [-0.2, -0.15) is 0 Å². The van der Waals surface area contributed by atoms with Crippen molar-refractivity contribution in [1.82, 2.24) is 14.9 Å². The average Bonchev–Trinajstić information content (AvgIpc) is 2.85. The van der Waals surface area contributed by atoms with E-state index in [1.807, 2.05) is 19.1 Å². The molecule has 0 bridgehead atoms. The van der Waals surface area contributed by atoms with Crippen molar-refractivity contribution in [2.75, 3.05) is 38.7 Å². The fourth-order valence-electron chi connectivity index (χ4n) is 4.42. The van der Waals surface area contributed by atoms with E-state index in [1.165, 1.54) is 24.6 Å². The van der Waals surface area contributed by atoms with E-state index in [-0.39, 0.29) is 11.7 Å². The summed E-state index contributed by atoms with van der Waals surface area (Å²) >= 11 is 0. The van der Waals surface area contributed by atoms with Crippen LogP contribution in [0.2, 0.25) is 0 Å². The fourth-order valence-corrected chi connectivity index (χ4v) is 4.42. The molecule has 37 heavy (non-hydrogen) atoms. The van der Waals surface area contributed by atoms with E-state index >= 15 is 0 Å². The molecule has 1 N–H and O–H groups in total. The van der Waals surface area contributed by atoms with Crippen LogP contribution in [0.1, 0.15) is 57.5 Å². The summed E-state index contributed by atoms with van der Waals surface area (Å²) in [6.07, 6.45) is 12.7. The minimum atomic E-state index is -0.277. The molecule has 0 aliphatic carbocycles. The number of nitrogens with one attached hydrogen (secondary N) is 1. The van der Waals surface area contributed by atoms with Crippen LogP contribution in [0, 0.1) is 11.7 Å². The number of nitrogens with zero attached hydrogens (tertiary/aromatic N) is 3. The lowest BCUT2D eigenvalue weighted by atomic mass is 9.93. The molecule has 2 aliphatic heterocycles. The molecule has 1 aromatic heterocycles. The molecule has 2 saturated heterocycles. The van der Waals surface area contributed by atoms with Crippen molar-refractivity contribution in [2.45, 2.75) is 46.0 Å². The number of aldehydes is 1. The molecule has 1 atom stereocenters. The van der Waals surface area contributed by atoms with Gasteiger partial charge < -0.3 is 19.7 Å². The zero-order valence-corrected chi connectivity index (χ0v) is 22.4. The van der Waals surface area contributed by atoms with E-state index in [4.69, 9.17) is 19.5 Å². The van der Waals surface area contributed by atoms with Gasteiger partial charge in [0, 0.05) is 30.1 Å². The summed E-state index contributed by atoms with van der Waals surface area (Å²) in [7, 11) is 2.15. The van der Waals surface area contributed by atoms with Crippen LogP contribution in [0.15, 0.2) is 60.2 Å². The molecule has 2 fully saturated rings. The van der Waals surface area contributed by atoms with Crippen molar-refractivity contribution in [3.05, 3.63) is 77.5 Å². The normalized spacial score (nSPS) is 19.2. The molecule has 1 aromatic carbocycles. The number of halogens is 1. The highest BCUT2D eigenvalue weighted by atomic mass is 19.1. The number of aromatic nitrogens is 2. The van der Waals surface area contributed by atoms with Crippen LogP contribution in [0.4, 0.5) is 15.9 Å². The number of hydrogen-bond acceptors (Lipinski definition) is 6. The maximum Gasteiger partial charge on any atom is 0.135 e. The Bertz CT molecular complexity index is 1120. The molecule has 2 aromatic rings. The highest BCUT2D eigenvalue weighted by Crippen LogP contribution is 2.30. The predicted molar refractivity (Wildman–Crippen MR) is 148 cm³/mol. The topological polar surface area (TPSA) is 67.3 Å². The van der Waals surface area contributed by atoms with Crippen molar-refractivity contribution < 1.29 is 13.9 Å². The number of ether oxygens (including phenoxy) is 1. The van der Waals surface area contributed by atoms with Crippen LogP contribution >= 0.6 is 0 Å². The van der Waals surface area contributed by atoms with Crippen molar-refractivity contribution in [3.63, 3.8) is 0 Å². The second-order valence-electron chi connectivity index (χ2n) is 9.40. The van der Waals surface area contributed by atoms with Crippen LogP contribution in [-0.4, -0.2) is 54.5 Å². The monoisotopic (exact) mass is 506 g/mol. The number of anilines is 2. The van der Waals surface area contributed by atoms with Crippen LogP contribution in [0.25, 0.3) is 5.57 Å². The number of allylic oxidation sites excluding steroid dienone is 5. The number of hydrogen-bond donors (Lipinski definition) is 1. The molecule has 4 rings (SSSR count). The largest absolute Gasteiger partial charge is 0.380 e. The number of carbonyl (C=O) groups is 1. The smallest absolute Gasteiger partial charge is 0.135 e. The Morgan fingerprint density at radius 3 is 2.65 bits per heavy atom. The van der Waals surface area contributed by atoms with E-state index in [2.05, 4.69) is 48.5 Å². The Morgan fingerprint density at radius 1 is 1.24 bits per heavy atom. The molecular weight excluding hydrogens is 467 g/mol. The molecule has 3 heterocycles. The lowest BCUT2D eigenvalue weighted by Crippen LogP contribution is -2.31. The third kappa shape index (κ3) is 8.44. The highest BCUT2D eigenvalue weighted by Gasteiger charge is 2.24. The molecule has 198 valence electrons. The zero-order valence-electron chi connectivity index (χ0n) is 22.4.